The molecule has 0 spiro atoms. The molecule has 0 aliphatic heterocycles. The Bertz CT molecular complexity index is 1380. The van der Waals surface area contributed by atoms with E-state index < -0.39 is 28.5 Å². The zero-order chi connectivity index (χ0) is 25.2. The van der Waals surface area contributed by atoms with Crippen LogP contribution in [0.2, 0.25) is 10.0 Å². The summed E-state index contributed by atoms with van der Waals surface area (Å²) in [5.41, 5.74) is -0.800. The summed E-state index contributed by atoms with van der Waals surface area (Å²) in [5, 5.41) is 10.1. The second-order valence-corrected chi connectivity index (χ2v) is 7.93. The van der Waals surface area contributed by atoms with Crippen LogP contribution in [0.15, 0.2) is 65.1 Å². The van der Waals surface area contributed by atoms with Gasteiger partial charge in [0.15, 0.2) is 18.2 Å². The summed E-state index contributed by atoms with van der Waals surface area (Å²) in [6.45, 7) is -0.228. The van der Waals surface area contributed by atoms with Gasteiger partial charge in [-0.25, -0.2) is 4.39 Å². The summed E-state index contributed by atoms with van der Waals surface area (Å²) in [6.07, 6.45) is -4.73. The minimum atomic E-state index is -4.73. The maximum Gasteiger partial charge on any atom is 0.417 e. The van der Waals surface area contributed by atoms with E-state index in [0.29, 0.717) is 16.7 Å². The van der Waals surface area contributed by atoms with Crippen molar-refractivity contribution in [3.05, 3.63) is 93.5 Å². The molecule has 1 heterocycles. The molecule has 0 saturated carbocycles. The molecule has 0 aliphatic carbocycles. The van der Waals surface area contributed by atoms with Crippen molar-refractivity contribution >= 4 is 34.8 Å². The highest BCUT2D eigenvalue weighted by Crippen LogP contribution is 2.35. The molecule has 0 unspecified atom stereocenters. The van der Waals surface area contributed by atoms with Crippen molar-refractivity contribution in [3.8, 4) is 17.2 Å². The van der Waals surface area contributed by atoms with E-state index in [4.69, 9.17) is 32.4 Å². The lowest BCUT2D eigenvalue weighted by atomic mass is 10.1. The number of anilines is 1. The van der Waals surface area contributed by atoms with Gasteiger partial charge in [0.2, 0.25) is 5.89 Å². The molecule has 1 amide bonds. The number of halogens is 6. The lowest BCUT2D eigenvalue weighted by molar-refractivity contribution is -0.137. The van der Waals surface area contributed by atoms with Crippen LogP contribution in [0, 0.1) is 5.82 Å². The number of nitrogens with one attached hydrogen (secondary N) is 1. The topological polar surface area (TPSA) is 77.2 Å². The number of amides is 1. The third-order valence-corrected chi connectivity index (χ3v) is 5.21. The first-order valence-electron chi connectivity index (χ1n) is 9.79. The first-order valence-corrected chi connectivity index (χ1v) is 10.5. The van der Waals surface area contributed by atoms with E-state index in [2.05, 4.69) is 15.5 Å². The molecule has 0 atom stereocenters. The van der Waals surface area contributed by atoms with E-state index in [1.807, 2.05) is 0 Å². The molecular formula is C23H13Cl2F4N3O3. The van der Waals surface area contributed by atoms with E-state index in [-0.39, 0.29) is 35.4 Å². The number of carbonyl (C=O) groups excluding carboxylic acids is 1. The van der Waals surface area contributed by atoms with Crippen molar-refractivity contribution in [1.82, 2.24) is 10.2 Å². The summed E-state index contributed by atoms with van der Waals surface area (Å²) in [7, 11) is 0. The number of carbonyl (C=O) groups is 1. The van der Waals surface area contributed by atoms with Gasteiger partial charge in [-0.2, -0.15) is 13.2 Å². The molecule has 0 fully saturated rings. The van der Waals surface area contributed by atoms with E-state index in [1.165, 1.54) is 12.1 Å². The Morgan fingerprint density at radius 2 is 1.74 bits per heavy atom. The molecule has 1 aromatic heterocycles. The fourth-order valence-electron chi connectivity index (χ4n) is 2.94. The summed E-state index contributed by atoms with van der Waals surface area (Å²) in [6, 6.07) is 13.0. The fraction of sp³-hybridized carbons (Fsp3) is 0.0870. The molecule has 0 saturated heterocycles. The molecule has 0 radical (unpaired) electrons. The molecule has 180 valence electrons. The maximum absolute atomic E-state index is 14.5. The number of nitrogens with zero attached hydrogens (tertiary/aromatic N) is 2. The van der Waals surface area contributed by atoms with Gasteiger partial charge in [-0.1, -0.05) is 23.2 Å². The van der Waals surface area contributed by atoms with Gasteiger partial charge >= 0.3 is 6.18 Å². The smallest absolute Gasteiger partial charge is 0.417 e. The summed E-state index contributed by atoms with van der Waals surface area (Å²) >= 11 is 11.4. The van der Waals surface area contributed by atoms with E-state index in [0.717, 1.165) is 18.2 Å². The van der Waals surface area contributed by atoms with Crippen LogP contribution in [0.25, 0.3) is 11.5 Å². The van der Waals surface area contributed by atoms with E-state index >= 15 is 0 Å². The molecule has 3 aromatic carbocycles. The first-order chi connectivity index (χ1) is 16.6. The van der Waals surface area contributed by atoms with Crippen LogP contribution >= 0.6 is 23.2 Å². The molecule has 35 heavy (non-hydrogen) atoms. The number of hydrogen-bond donors (Lipinski definition) is 1. The number of alkyl halides is 3. The predicted octanol–water partition coefficient (Wildman–Crippen LogP) is 7.03. The van der Waals surface area contributed by atoms with Crippen LogP contribution < -0.4 is 10.1 Å². The third kappa shape index (κ3) is 5.90. The van der Waals surface area contributed by atoms with Crippen molar-refractivity contribution in [3.63, 3.8) is 0 Å². The van der Waals surface area contributed by atoms with Crippen LogP contribution in [0.1, 0.15) is 21.8 Å². The second kappa shape index (κ2) is 9.93. The van der Waals surface area contributed by atoms with Gasteiger partial charge in [0.1, 0.15) is 0 Å². The number of aromatic nitrogens is 2. The third-order valence-electron chi connectivity index (χ3n) is 4.63. The minimum absolute atomic E-state index is 0.00572. The monoisotopic (exact) mass is 525 g/mol. The quantitative estimate of drug-likeness (QED) is 0.273. The van der Waals surface area contributed by atoms with Crippen molar-refractivity contribution in [1.29, 1.82) is 0 Å². The molecule has 12 heteroatoms. The van der Waals surface area contributed by atoms with Gasteiger partial charge < -0.3 is 14.5 Å². The highest BCUT2D eigenvalue weighted by atomic mass is 35.5. The first kappa shape index (κ1) is 24.5. The van der Waals surface area contributed by atoms with Crippen LogP contribution in [-0.4, -0.2) is 16.1 Å². The Kier molecular flexibility index (Phi) is 6.95. The van der Waals surface area contributed by atoms with Crippen molar-refractivity contribution in [2.24, 2.45) is 0 Å². The van der Waals surface area contributed by atoms with Crippen LogP contribution in [0.4, 0.5) is 23.2 Å². The molecule has 0 aliphatic rings. The Hall–Kier alpha value is -3.63. The molecular weight excluding hydrogens is 513 g/mol. The van der Waals surface area contributed by atoms with Gasteiger partial charge in [0.05, 0.1) is 10.6 Å². The average Bonchev–Trinajstić information content (AvgIpc) is 3.27. The van der Waals surface area contributed by atoms with Crippen molar-refractivity contribution in [2.45, 2.75) is 12.8 Å². The number of hydrogen-bond acceptors (Lipinski definition) is 5. The minimum Gasteiger partial charge on any atom is -0.481 e. The summed E-state index contributed by atoms with van der Waals surface area (Å²) in [5.74, 6) is -1.54. The fourth-order valence-corrected chi connectivity index (χ4v) is 3.29. The Balaban J connectivity index is 1.40. The summed E-state index contributed by atoms with van der Waals surface area (Å²) in [4.78, 5) is 12.3. The van der Waals surface area contributed by atoms with E-state index in [1.54, 1.807) is 24.3 Å². The lowest BCUT2D eigenvalue weighted by Crippen LogP contribution is -2.14. The van der Waals surface area contributed by atoms with Crippen molar-refractivity contribution < 1.29 is 31.5 Å². The van der Waals surface area contributed by atoms with Gasteiger partial charge in [0, 0.05) is 27.9 Å². The van der Waals surface area contributed by atoms with Crippen LogP contribution in [0.5, 0.6) is 5.75 Å². The van der Waals surface area contributed by atoms with Crippen molar-refractivity contribution in [2.75, 3.05) is 5.32 Å². The normalized spacial score (nSPS) is 11.4. The number of rotatable bonds is 6. The van der Waals surface area contributed by atoms with Gasteiger partial charge in [-0.3, -0.25) is 4.79 Å². The Labute approximate surface area is 205 Å². The zero-order valence-electron chi connectivity index (χ0n) is 17.4. The SMILES string of the molecule is O=C(Nc1ccc(OCc2nnc(-c3ccc(Cl)cc3)o2)c(F)c1)c1ccc(Cl)c(C(F)(F)F)c1. The maximum atomic E-state index is 14.5. The molecule has 4 rings (SSSR count). The highest BCUT2D eigenvalue weighted by Gasteiger charge is 2.33. The Morgan fingerprint density at radius 3 is 2.43 bits per heavy atom. The summed E-state index contributed by atoms with van der Waals surface area (Å²) < 4.78 is 64.3. The number of benzene rings is 3. The molecule has 1 N–H and O–H groups in total. The van der Waals surface area contributed by atoms with E-state index in [9.17, 15) is 22.4 Å². The Morgan fingerprint density at radius 1 is 1.00 bits per heavy atom. The standard InChI is InChI=1S/C23H13Cl2F4N3O3/c24-14-4-1-12(2-5-14)22-32-31-20(35-22)11-34-19-8-6-15(10-18(19)26)30-21(33)13-3-7-17(25)16(9-13)23(27,28)29/h1-10H,11H2,(H,30,33). The largest absolute Gasteiger partial charge is 0.481 e. The zero-order valence-corrected chi connectivity index (χ0v) is 18.9. The lowest BCUT2D eigenvalue weighted by Gasteiger charge is -2.12. The van der Waals surface area contributed by atoms with Gasteiger partial charge in [-0.15, -0.1) is 10.2 Å². The molecule has 4 aromatic rings. The molecule has 6 nitrogen and oxygen atoms in total. The van der Waals surface area contributed by atoms with Crippen LogP contribution in [-0.2, 0) is 12.8 Å². The highest BCUT2D eigenvalue weighted by molar-refractivity contribution is 6.31. The predicted molar refractivity (Wildman–Crippen MR) is 120 cm³/mol. The molecule has 0 bridgehead atoms. The van der Waals surface area contributed by atoms with Gasteiger partial charge in [-0.05, 0) is 54.6 Å². The van der Waals surface area contributed by atoms with Gasteiger partial charge in [0.25, 0.3) is 11.8 Å². The number of ether oxygens (including phenoxy) is 1. The second-order valence-electron chi connectivity index (χ2n) is 7.09. The van der Waals surface area contributed by atoms with Crippen LogP contribution in [0.3, 0.4) is 0 Å². The average molecular weight is 526 g/mol.